The third-order valence-corrected chi connectivity index (χ3v) is 4.11. The molecule has 0 saturated carbocycles. The zero-order valence-electron chi connectivity index (χ0n) is 15.1. The SMILES string of the molecule is CN(C)c1ccc(C(=O)NCCCOc2cccc3cccnc23)cc1. The van der Waals surface area contributed by atoms with E-state index >= 15 is 0 Å². The number of amides is 1. The Hall–Kier alpha value is -3.08. The van der Waals surface area contributed by atoms with Crippen LogP contribution in [0.1, 0.15) is 16.8 Å². The molecule has 5 nitrogen and oxygen atoms in total. The van der Waals surface area contributed by atoms with Crippen LogP contribution in [0.4, 0.5) is 5.69 Å². The van der Waals surface area contributed by atoms with Crippen molar-refractivity contribution in [1.82, 2.24) is 10.3 Å². The molecule has 2 aromatic carbocycles. The van der Waals surface area contributed by atoms with Crippen molar-refractivity contribution in [2.24, 2.45) is 0 Å². The molecule has 1 heterocycles. The molecule has 0 bridgehead atoms. The molecule has 1 amide bonds. The first-order chi connectivity index (χ1) is 12.6. The molecule has 0 fully saturated rings. The van der Waals surface area contributed by atoms with Gasteiger partial charge < -0.3 is 15.0 Å². The number of hydrogen-bond donors (Lipinski definition) is 1. The number of hydrogen-bond acceptors (Lipinski definition) is 4. The molecule has 0 aliphatic carbocycles. The molecular weight excluding hydrogens is 326 g/mol. The fourth-order valence-corrected chi connectivity index (χ4v) is 2.66. The molecular formula is C21H23N3O2. The van der Waals surface area contributed by atoms with E-state index in [1.54, 1.807) is 6.20 Å². The van der Waals surface area contributed by atoms with Gasteiger partial charge in [-0.2, -0.15) is 0 Å². The van der Waals surface area contributed by atoms with Crippen molar-refractivity contribution in [3.63, 3.8) is 0 Å². The first-order valence-corrected chi connectivity index (χ1v) is 8.67. The highest BCUT2D eigenvalue weighted by Crippen LogP contribution is 2.22. The van der Waals surface area contributed by atoms with Crippen LogP contribution < -0.4 is 15.0 Å². The Labute approximate surface area is 153 Å². The van der Waals surface area contributed by atoms with Gasteiger partial charge in [0.25, 0.3) is 5.91 Å². The van der Waals surface area contributed by atoms with Gasteiger partial charge in [-0.3, -0.25) is 9.78 Å². The lowest BCUT2D eigenvalue weighted by Crippen LogP contribution is -2.25. The third-order valence-electron chi connectivity index (χ3n) is 4.11. The summed E-state index contributed by atoms with van der Waals surface area (Å²) in [5.74, 6) is 0.704. The number of carbonyl (C=O) groups excluding carboxylic acids is 1. The fourth-order valence-electron chi connectivity index (χ4n) is 2.66. The van der Waals surface area contributed by atoms with Gasteiger partial charge in [0.2, 0.25) is 0 Å². The van der Waals surface area contributed by atoms with Crippen LogP contribution in [-0.2, 0) is 0 Å². The zero-order valence-corrected chi connectivity index (χ0v) is 15.1. The van der Waals surface area contributed by atoms with Gasteiger partial charge in [-0.1, -0.05) is 18.2 Å². The van der Waals surface area contributed by atoms with Gasteiger partial charge in [0, 0.05) is 43.5 Å². The molecule has 0 radical (unpaired) electrons. The number of anilines is 1. The number of nitrogens with zero attached hydrogens (tertiary/aromatic N) is 2. The summed E-state index contributed by atoms with van der Waals surface area (Å²) in [6.45, 7) is 1.09. The Morgan fingerprint density at radius 2 is 1.85 bits per heavy atom. The van der Waals surface area contributed by atoms with Crippen molar-refractivity contribution < 1.29 is 9.53 Å². The number of aromatic nitrogens is 1. The largest absolute Gasteiger partial charge is 0.491 e. The topological polar surface area (TPSA) is 54.5 Å². The van der Waals surface area contributed by atoms with Crippen LogP contribution in [0.25, 0.3) is 10.9 Å². The van der Waals surface area contributed by atoms with E-state index in [0.717, 1.165) is 28.8 Å². The van der Waals surface area contributed by atoms with Crippen molar-refractivity contribution in [2.75, 3.05) is 32.1 Å². The quantitative estimate of drug-likeness (QED) is 0.663. The van der Waals surface area contributed by atoms with Crippen molar-refractivity contribution in [1.29, 1.82) is 0 Å². The molecule has 0 unspecified atom stereocenters. The predicted octanol–water partition coefficient (Wildman–Crippen LogP) is 3.50. The highest BCUT2D eigenvalue weighted by Gasteiger charge is 2.06. The highest BCUT2D eigenvalue weighted by molar-refractivity contribution is 5.94. The van der Waals surface area contributed by atoms with E-state index in [1.165, 1.54) is 0 Å². The number of ether oxygens (including phenoxy) is 1. The second kappa shape index (κ2) is 8.34. The lowest BCUT2D eigenvalue weighted by Gasteiger charge is -2.12. The predicted molar refractivity (Wildman–Crippen MR) is 105 cm³/mol. The number of rotatable bonds is 7. The van der Waals surface area contributed by atoms with E-state index in [2.05, 4.69) is 10.3 Å². The van der Waals surface area contributed by atoms with Gasteiger partial charge in [-0.25, -0.2) is 0 Å². The summed E-state index contributed by atoms with van der Waals surface area (Å²) in [4.78, 5) is 18.5. The lowest BCUT2D eigenvalue weighted by molar-refractivity contribution is 0.0951. The molecule has 0 aliphatic heterocycles. The molecule has 26 heavy (non-hydrogen) atoms. The maximum absolute atomic E-state index is 12.2. The van der Waals surface area contributed by atoms with Crippen LogP contribution in [0.15, 0.2) is 60.8 Å². The van der Waals surface area contributed by atoms with E-state index < -0.39 is 0 Å². The molecule has 5 heteroatoms. The van der Waals surface area contributed by atoms with Crippen molar-refractivity contribution in [3.05, 3.63) is 66.4 Å². The Bertz CT molecular complexity index is 871. The van der Waals surface area contributed by atoms with Crippen LogP contribution in [0.5, 0.6) is 5.75 Å². The van der Waals surface area contributed by atoms with Crippen molar-refractivity contribution in [2.45, 2.75) is 6.42 Å². The van der Waals surface area contributed by atoms with E-state index in [-0.39, 0.29) is 5.91 Å². The molecule has 3 aromatic rings. The van der Waals surface area contributed by atoms with E-state index in [4.69, 9.17) is 4.74 Å². The van der Waals surface area contributed by atoms with Crippen molar-refractivity contribution >= 4 is 22.5 Å². The summed E-state index contributed by atoms with van der Waals surface area (Å²) in [7, 11) is 3.95. The molecule has 0 spiro atoms. The first kappa shape index (κ1) is 17.7. The Balaban J connectivity index is 1.46. The van der Waals surface area contributed by atoms with Gasteiger partial charge in [0.1, 0.15) is 11.3 Å². The third kappa shape index (κ3) is 4.30. The molecule has 134 valence electrons. The average Bonchev–Trinajstić information content (AvgIpc) is 2.67. The minimum absolute atomic E-state index is 0.0675. The second-order valence-electron chi connectivity index (χ2n) is 6.23. The van der Waals surface area contributed by atoms with Gasteiger partial charge in [-0.15, -0.1) is 0 Å². The number of pyridine rings is 1. The second-order valence-corrected chi connectivity index (χ2v) is 6.23. The molecule has 0 atom stereocenters. The van der Waals surface area contributed by atoms with Crippen LogP contribution in [-0.4, -0.2) is 38.1 Å². The van der Waals surface area contributed by atoms with Crippen LogP contribution in [0, 0.1) is 0 Å². The van der Waals surface area contributed by atoms with E-state index in [9.17, 15) is 4.79 Å². The minimum atomic E-state index is -0.0675. The number of carbonyl (C=O) groups is 1. The van der Waals surface area contributed by atoms with Gasteiger partial charge in [-0.05, 0) is 42.8 Å². The smallest absolute Gasteiger partial charge is 0.251 e. The first-order valence-electron chi connectivity index (χ1n) is 8.67. The summed E-state index contributed by atoms with van der Waals surface area (Å²) in [6, 6.07) is 17.3. The minimum Gasteiger partial charge on any atom is -0.491 e. The monoisotopic (exact) mass is 349 g/mol. The maximum Gasteiger partial charge on any atom is 0.251 e. The summed E-state index contributed by atoms with van der Waals surface area (Å²) in [6.07, 6.45) is 2.49. The Kier molecular flexibility index (Phi) is 5.69. The molecule has 1 aromatic heterocycles. The Morgan fingerprint density at radius 3 is 2.62 bits per heavy atom. The lowest BCUT2D eigenvalue weighted by atomic mass is 10.2. The zero-order chi connectivity index (χ0) is 18.4. The van der Waals surface area contributed by atoms with Gasteiger partial charge >= 0.3 is 0 Å². The van der Waals surface area contributed by atoms with Crippen molar-refractivity contribution in [3.8, 4) is 5.75 Å². The maximum atomic E-state index is 12.2. The molecule has 1 N–H and O–H groups in total. The summed E-state index contributed by atoms with van der Waals surface area (Å²) < 4.78 is 5.83. The van der Waals surface area contributed by atoms with Crippen LogP contribution in [0.2, 0.25) is 0 Å². The number of fused-ring (bicyclic) bond motifs is 1. The molecule has 3 rings (SSSR count). The summed E-state index contributed by atoms with van der Waals surface area (Å²) in [5, 5.41) is 3.98. The van der Waals surface area contributed by atoms with Crippen LogP contribution >= 0.6 is 0 Å². The fraction of sp³-hybridized carbons (Fsp3) is 0.238. The summed E-state index contributed by atoms with van der Waals surface area (Å²) in [5.41, 5.74) is 2.59. The standard InChI is InChI=1S/C21H23N3O2/c1-24(2)18-11-9-17(10-12-18)21(25)23-14-5-15-26-19-8-3-6-16-7-4-13-22-20(16)19/h3-4,6-13H,5,14-15H2,1-2H3,(H,23,25). The summed E-state index contributed by atoms with van der Waals surface area (Å²) >= 11 is 0. The molecule has 0 aliphatic rings. The van der Waals surface area contributed by atoms with E-state index in [1.807, 2.05) is 73.6 Å². The molecule has 0 saturated heterocycles. The number of para-hydroxylation sites is 1. The number of nitrogens with one attached hydrogen (secondary N) is 1. The van der Waals surface area contributed by atoms with E-state index in [0.29, 0.717) is 18.7 Å². The Morgan fingerprint density at radius 1 is 1.08 bits per heavy atom. The van der Waals surface area contributed by atoms with Gasteiger partial charge in [0.05, 0.1) is 6.61 Å². The number of benzene rings is 2. The van der Waals surface area contributed by atoms with Crippen LogP contribution in [0.3, 0.4) is 0 Å². The highest BCUT2D eigenvalue weighted by atomic mass is 16.5. The van der Waals surface area contributed by atoms with Gasteiger partial charge in [0.15, 0.2) is 0 Å². The average molecular weight is 349 g/mol. The normalized spacial score (nSPS) is 10.5.